The van der Waals surface area contributed by atoms with Crippen LogP contribution in [0.5, 0.6) is 11.5 Å². The molecule has 6 heteroatoms. The second-order valence-electron chi connectivity index (χ2n) is 7.21. The normalized spacial score (nSPS) is 20.4. The molecule has 28 heavy (non-hydrogen) atoms. The Kier molecular flexibility index (Phi) is 6.26. The van der Waals surface area contributed by atoms with E-state index in [1.807, 2.05) is 50.3 Å². The standard InChI is InChI=1S/C22H19Br2NO3/c1-22(2)17(12-19(23)24)20(22)21(26)28-18(13-25)14-7-6-10-16(11-14)27-15-8-4-3-5-9-15/h3-12,17-18,20H,1-2H3/t17-,18?,20+/m1/s1. The first-order valence-corrected chi connectivity index (χ1v) is 10.4. The lowest BCUT2D eigenvalue weighted by Gasteiger charge is -2.13. The van der Waals surface area contributed by atoms with Gasteiger partial charge in [-0.15, -0.1) is 0 Å². The Balaban J connectivity index is 1.72. The van der Waals surface area contributed by atoms with Gasteiger partial charge in [-0.05, 0) is 67.5 Å². The van der Waals surface area contributed by atoms with E-state index in [0.29, 0.717) is 17.1 Å². The minimum Gasteiger partial charge on any atom is -0.457 e. The maximum Gasteiger partial charge on any atom is 0.311 e. The van der Waals surface area contributed by atoms with E-state index in [2.05, 4.69) is 37.9 Å². The summed E-state index contributed by atoms with van der Waals surface area (Å²) in [5.74, 6) is 0.683. The summed E-state index contributed by atoms with van der Waals surface area (Å²) in [5, 5.41) is 9.56. The molecule has 0 amide bonds. The molecule has 1 aliphatic rings. The lowest BCUT2D eigenvalue weighted by molar-refractivity contribution is -0.149. The van der Waals surface area contributed by atoms with Gasteiger partial charge in [-0.25, -0.2) is 0 Å². The predicted octanol–water partition coefficient (Wildman–Crippen LogP) is 6.49. The number of para-hydroxylation sites is 1. The van der Waals surface area contributed by atoms with Crippen LogP contribution in [-0.2, 0) is 9.53 Å². The molecule has 1 unspecified atom stereocenters. The minimum atomic E-state index is -0.986. The predicted molar refractivity (Wildman–Crippen MR) is 114 cm³/mol. The fourth-order valence-electron chi connectivity index (χ4n) is 3.30. The number of carbonyl (C=O) groups is 1. The van der Waals surface area contributed by atoms with E-state index in [1.165, 1.54) is 0 Å². The van der Waals surface area contributed by atoms with E-state index < -0.39 is 6.10 Å². The minimum absolute atomic E-state index is 0.0563. The van der Waals surface area contributed by atoms with Crippen LogP contribution in [0.3, 0.4) is 0 Å². The highest BCUT2D eigenvalue weighted by Gasteiger charge is 2.61. The van der Waals surface area contributed by atoms with Crippen molar-refractivity contribution < 1.29 is 14.3 Å². The first-order chi connectivity index (χ1) is 13.3. The Hall–Kier alpha value is -2.10. The molecule has 2 aromatic carbocycles. The second kappa shape index (κ2) is 8.50. The molecule has 1 aliphatic carbocycles. The van der Waals surface area contributed by atoms with Gasteiger partial charge in [0.1, 0.15) is 17.6 Å². The van der Waals surface area contributed by atoms with Gasteiger partial charge in [0.25, 0.3) is 0 Å². The zero-order valence-electron chi connectivity index (χ0n) is 15.4. The molecule has 3 atom stereocenters. The fraction of sp³-hybridized carbons (Fsp3) is 0.273. The molecule has 144 valence electrons. The van der Waals surface area contributed by atoms with Gasteiger partial charge in [-0.3, -0.25) is 4.79 Å². The first-order valence-electron chi connectivity index (χ1n) is 8.78. The largest absolute Gasteiger partial charge is 0.457 e. The van der Waals surface area contributed by atoms with Gasteiger partial charge < -0.3 is 9.47 Å². The van der Waals surface area contributed by atoms with Crippen molar-refractivity contribution in [2.24, 2.45) is 17.3 Å². The Morgan fingerprint density at radius 1 is 1.14 bits per heavy atom. The van der Waals surface area contributed by atoms with Crippen molar-refractivity contribution in [1.29, 1.82) is 5.26 Å². The SMILES string of the molecule is CC1(C)[C@H](C=C(Br)Br)[C@H]1C(=O)OC(C#N)c1cccc(Oc2ccccc2)c1. The fourth-order valence-corrected chi connectivity index (χ4v) is 3.87. The van der Waals surface area contributed by atoms with Crippen LogP contribution in [0.25, 0.3) is 0 Å². The number of hydrogen-bond donors (Lipinski definition) is 0. The van der Waals surface area contributed by atoms with Crippen LogP contribution in [0.4, 0.5) is 0 Å². The van der Waals surface area contributed by atoms with Gasteiger partial charge in [-0.1, -0.05) is 50.3 Å². The highest BCUT2D eigenvalue weighted by molar-refractivity contribution is 9.28. The Morgan fingerprint density at radius 3 is 2.46 bits per heavy atom. The van der Waals surface area contributed by atoms with Gasteiger partial charge in [0.2, 0.25) is 6.10 Å². The maximum absolute atomic E-state index is 12.7. The highest BCUT2D eigenvalue weighted by atomic mass is 79.9. The number of ether oxygens (including phenoxy) is 2. The van der Waals surface area contributed by atoms with Crippen molar-refractivity contribution in [1.82, 2.24) is 0 Å². The van der Waals surface area contributed by atoms with Gasteiger partial charge >= 0.3 is 5.97 Å². The van der Waals surface area contributed by atoms with Gasteiger partial charge in [0.15, 0.2) is 0 Å². The van der Waals surface area contributed by atoms with E-state index in [4.69, 9.17) is 9.47 Å². The average molecular weight is 505 g/mol. The summed E-state index contributed by atoms with van der Waals surface area (Å²) >= 11 is 6.68. The second-order valence-corrected chi connectivity index (χ2v) is 9.99. The Labute approximate surface area is 181 Å². The molecular weight excluding hydrogens is 486 g/mol. The Bertz CT molecular complexity index is 930. The topological polar surface area (TPSA) is 59.3 Å². The molecule has 0 saturated heterocycles. The van der Waals surface area contributed by atoms with Crippen molar-refractivity contribution in [3.05, 3.63) is 69.6 Å². The summed E-state index contributed by atoms with van der Waals surface area (Å²) in [5.41, 5.74) is 0.374. The third-order valence-corrected chi connectivity index (χ3v) is 5.49. The molecule has 3 rings (SSSR count). The third-order valence-electron chi connectivity index (χ3n) is 4.96. The smallest absolute Gasteiger partial charge is 0.311 e. The number of halogens is 2. The molecule has 0 radical (unpaired) electrons. The number of esters is 1. The maximum atomic E-state index is 12.7. The number of hydrogen-bond acceptors (Lipinski definition) is 4. The van der Waals surface area contributed by atoms with Crippen LogP contribution in [0.15, 0.2) is 64.1 Å². The van der Waals surface area contributed by atoms with Gasteiger partial charge in [0.05, 0.1) is 9.31 Å². The summed E-state index contributed by atoms with van der Waals surface area (Å²) in [7, 11) is 0. The zero-order chi connectivity index (χ0) is 20.3. The van der Waals surface area contributed by atoms with Crippen LogP contribution in [0.1, 0.15) is 25.5 Å². The van der Waals surface area contributed by atoms with Crippen molar-refractivity contribution in [2.75, 3.05) is 0 Å². The molecular formula is C22H19Br2NO3. The lowest BCUT2D eigenvalue weighted by Crippen LogP contribution is -2.14. The van der Waals surface area contributed by atoms with Crippen LogP contribution in [0, 0.1) is 28.6 Å². The number of benzene rings is 2. The molecule has 1 fully saturated rings. The summed E-state index contributed by atoms with van der Waals surface area (Å²) in [6.07, 6.45) is 0.960. The van der Waals surface area contributed by atoms with E-state index in [0.717, 1.165) is 3.39 Å². The quantitative estimate of drug-likeness (QED) is 0.422. The number of allylic oxidation sites excluding steroid dienone is 1. The van der Waals surface area contributed by atoms with E-state index in [9.17, 15) is 10.1 Å². The van der Waals surface area contributed by atoms with Crippen LogP contribution < -0.4 is 4.74 Å². The van der Waals surface area contributed by atoms with E-state index in [1.54, 1.807) is 24.3 Å². The molecule has 0 aromatic heterocycles. The monoisotopic (exact) mass is 503 g/mol. The van der Waals surface area contributed by atoms with E-state index >= 15 is 0 Å². The summed E-state index contributed by atoms with van der Waals surface area (Å²) in [6.45, 7) is 4.03. The summed E-state index contributed by atoms with van der Waals surface area (Å²) in [6, 6.07) is 18.5. The lowest BCUT2D eigenvalue weighted by atomic mass is 10.1. The number of carbonyl (C=O) groups excluding carboxylic acids is 1. The molecule has 0 aliphatic heterocycles. The van der Waals surface area contributed by atoms with Crippen molar-refractivity contribution in [2.45, 2.75) is 20.0 Å². The number of rotatable bonds is 6. The van der Waals surface area contributed by atoms with Gasteiger partial charge in [-0.2, -0.15) is 5.26 Å². The zero-order valence-corrected chi connectivity index (χ0v) is 18.6. The summed E-state index contributed by atoms with van der Waals surface area (Å²) in [4.78, 5) is 12.7. The molecule has 0 bridgehead atoms. The highest BCUT2D eigenvalue weighted by Crippen LogP contribution is 2.60. The van der Waals surface area contributed by atoms with Crippen LogP contribution in [0.2, 0.25) is 0 Å². The molecule has 4 nitrogen and oxygen atoms in total. The van der Waals surface area contributed by atoms with Crippen LogP contribution >= 0.6 is 31.9 Å². The van der Waals surface area contributed by atoms with Crippen molar-refractivity contribution in [3.63, 3.8) is 0 Å². The molecule has 0 spiro atoms. The van der Waals surface area contributed by atoms with E-state index in [-0.39, 0.29) is 23.2 Å². The van der Waals surface area contributed by atoms with Gasteiger partial charge in [0, 0.05) is 5.56 Å². The van der Waals surface area contributed by atoms with Crippen molar-refractivity contribution in [3.8, 4) is 17.6 Å². The average Bonchev–Trinajstić information content (AvgIpc) is 3.20. The Morgan fingerprint density at radius 2 is 1.82 bits per heavy atom. The molecule has 2 aromatic rings. The number of nitrogens with zero attached hydrogens (tertiary/aromatic N) is 1. The van der Waals surface area contributed by atoms with Crippen molar-refractivity contribution >= 4 is 37.8 Å². The molecule has 1 saturated carbocycles. The summed E-state index contributed by atoms with van der Waals surface area (Å²) < 4.78 is 12.2. The third kappa shape index (κ3) is 4.65. The molecule has 0 N–H and O–H groups in total. The van der Waals surface area contributed by atoms with Crippen LogP contribution in [-0.4, -0.2) is 5.97 Å². The first kappa shape index (κ1) is 20.6. The molecule has 0 heterocycles. The number of nitriles is 1.